The van der Waals surface area contributed by atoms with E-state index >= 15 is 0 Å². The summed E-state index contributed by atoms with van der Waals surface area (Å²) in [5, 5.41) is 0. The zero-order valence-electron chi connectivity index (χ0n) is 9.00. The van der Waals surface area contributed by atoms with Gasteiger partial charge in [-0.1, -0.05) is 0 Å². The van der Waals surface area contributed by atoms with Gasteiger partial charge < -0.3 is 4.57 Å². The standard InChI is InChI=1S/C12H12BrFN2/c1-7-15-10-6-5-9(14)11(13)12(10)16(7)8-3-2-4-8/h5-6,8H,2-4H2,1H3. The predicted octanol–water partition coefficient (Wildman–Crippen LogP) is 3.97. The first-order valence-electron chi connectivity index (χ1n) is 5.51. The van der Waals surface area contributed by atoms with Crippen molar-refractivity contribution in [3.63, 3.8) is 0 Å². The molecule has 0 unspecified atom stereocenters. The van der Waals surface area contributed by atoms with Gasteiger partial charge in [-0.05, 0) is 54.2 Å². The van der Waals surface area contributed by atoms with Gasteiger partial charge in [-0.15, -0.1) is 0 Å². The number of hydrogen-bond donors (Lipinski definition) is 0. The monoisotopic (exact) mass is 282 g/mol. The molecule has 1 aromatic heterocycles. The highest BCUT2D eigenvalue weighted by Crippen LogP contribution is 2.38. The van der Waals surface area contributed by atoms with E-state index in [0.29, 0.717) is 10.5 Å². The lowest BCUT2D eigenvalue weighted by Crippen LogP contribution is -2.18. The van der Waals surface area contributed by atoms with Crippen molar-refractivity contribution >= 4 is 27.0 Å². The summed E-state index contributed by atoms with van der Waals surface area (Å²) in [6.45, 7) is 1.99. The van der Waals surface area contributed by atoms with Crippen LogP contribution >= 0.6 is 15.9 Å². The smallest absolute Gasteiger partial charge is 0.139 e. The molecule has 2 nitrogen and oxygen atoms in total. The van der Waals surface area contributed by atoms with Crippen LogP contribution in [0, 0.1) is 12.7 Å². The van der Waals surface area contributed by atoms with Crippen LogP contribution in [0.5, 0.6) is 0 Å². The number of imidazole rings is 1. The van der Waals surface area contributed by atoms with E-state index in [0.717, 1.165) is 16.9 Å². The van der Waals surface area contributed by atoms with Crippen LogP contribution in [0.25, 0.3) is 11.0 Å². The second-order valence-corrected chi connectivity index (χ2v) is 5.14. The molecular formula is C12H12BrFN2. The molecule has 1 heterocycles. The van der Waals surface area contributed by atoms with Gasteiger partial charge in [0, 0.05) is 6.04 Å². The third-order valence-electron chi connectivity index (χ3n) is 3.36. The Balaban J connectivity index is 2.32. The molecule has 3 rings (SSSR count). The van der Waals surface area contributed by atoms with Gasteiger partial charge in [-0.25, -0.2) is 9.37 Å². The first kappa shape index (κ1) is 10.3. The second-order valence-electron chi connectivity index (χ2n) is 4.34. The van der Waals surface area contributed by atoms with E-state index in [4.69, 9.17) is 0 Å². The third kappa shape index (κ3) is 1.32. The molecule has 1 aromatic carbocycles. The molecule has 0 saturated heterocycles. The number of aryl methyl sites for hydroxylation is 1. The minimum absolute atomic E-state index is 0.215. The maximum absolute atomic E-state index is 13.5. The molecule has 4 heteroatoms. The fraction of sp³-hybridized carbons (Fsp3) is 0.417. The summed E-state index contributed by atoms with van der Waals surface area (Å²) in [5.41, 5.74) is 1.78. The van der Waals surface area contributed by atoms with Gasteiger partial charge in [-0.2, -0.15) is 0 Å². The molecule has 84 valence electrons. The molecule has 16 heavy (non-hydrogen) atoms. The van der Waals surface area contributed by atoms with E-state index in [2.05, 4.69) is 25.5 Å². The number of halogens is 2. The van der Waals surface area contributed by atoms with Crippen LogP contribution in [0.1, 0.15) is 31.1 Å². The second kappa shape index (κ2) is 3.55. The zero-order valence-corrected chi connectivity index (χ0v) is 10.6. The number of benzene rings is 1. The summed E-state index contributed by atoms with van der Waals surface area (Å²) in [7, 11) is 0. The molecule has 1 aliphatic carbocycles. The van der Waals surface area contributed by atoms with Crippen molar-refractivity contribution in [1.82, 2.24) is 9.55 Å². The van der Waals surface area contributed by atoms with Crippen LogP contribution in [0.15, 0.2) is 16.6 Å². The molecule has 1 aliphatic rings. The van der Waals surface area contributed by atoms with Crippen LogP contribution in [-0.4, -0.2) is 9.55 Å². The Hall–Kier alpha value is -0.900. The summed E-state index contributed by atoms with van der Waals surface area (Å²) in [4.78, 5) is 4.48. The van der Waals surface area contributed by atoms with Crippen molar-refractivity contribution in [2.75, 3.05) is 0 Å². The Bertz CT molecular complexity index is 558. The van der Waals surface area contributed by atoms with Crippen molar-refractivity contribution in [2.45, 2.75) is 32.2 Å². The lowest BCUT2D eigenvalue weighted by molar-refractivity contribution is 0.315. The van der Waals surface area contributed by atoms with Crippen LogP contribution in [0.3, 0.4) is 0 Å². The van der Waals surface area contributed by atoms with Gasteiger partial charge >= 0.3 is 0 Å². The Labute approximate surface area is 102 Å². The molecule has 0 N–H and O–H groups in total. The van der Waals surface area contributed by atoms with Gasteiger partial charge in [0.25, 0.3) is 0 Å². The SMILES string of the molecule is Cc1nc2ccc(F)c(Br)c2n1C1CCC1. The molecule has 0 bridgehead atoms. The van der Waals surface area contributed by atoms with E-state index in [-0.39, 0.29) is 5.82 Å². The van der Waals surface area contributed by atoms with Crippen LogP contribution in [0.2, 0.25) is 0 Å². The quantitative estimate of drug-likeness (QED) is 0.774. The average Bonchev–Trinajstić information content (AvgIpc) is 2.49. The Morgan fingerprint density at radius 1 is 1.44 bits per heavy atom. The lowest BCUT2D eigenvalue weighted by Gasteiger charge is -2.28. The van der Waals surface area contributed by atoms with Gasteiger partial charge in [0.15, 0.2) is 0 Å². The molecule has 0 amide bonds. The Morgan fingerprint density at radius 3 is 2.81 bits per heavy atom. The molecule has 0 aliphatic heterocycles. The minimum atomic E-state index is -0.215. The molecule has 2 aromatic rings. The predicted molar refractivity (Wildman–Crippen MR) is 65.0 cm³/mol. The first-order valence-corrected chi connectivity index (χ1v) is 6.30. The number of aromatic nitrogens is 2. The van der Waals surface area contributed by atoms with Crippen molar-refractivity contribution in [3.05, 3.63) is 28.2 Å². The van der Waals surface area contributed by atoms with E-state index in [1.165, 1.54) is 25.3 Å². The van der Waals surface area contributed by atoms with E-state index < -0.39 is 0 Å². The topological polar surface area (TPSA) is 17.8 Å². The van der Waals surface area contributed by atoms with E-state index in [1.54, 1.807) is 6.07 Å². The number of fused-ring (bicyclic) bond motifs is 1. The molecule has 1 saturated carbocycles. The molecule has 0 atom stereocenters. The van der Waals surface area contributed by atoms with E-state index in [9.17, 15) is 4.39 Å². The fourth-order valence-electron chi connectivity index (χ4n) is 2.33. The number of hydrogen-bond acceptors (Lipinski definition) is 1. The molecular weight excluding hydrogens is 271 g/mol. The summed E-state index contributed by atoms with van der Waals surface area (Å²) in [5.74, 6) is 0.763. The summed E-state index contributed by atoms with van der Waals surface area (Å²) in [6, 6.07) is 3.71. The van der Waals surface area contributed by atoms with Crippen LogP contribution in [-0.2, 0) is 0 Å². The normalized spacial score (nSPS) is 16.7. The fourth-order valence-corrected chi connectivity index (χ4v) is 2.86. The highest BCUT2D eigenvalue weighted by Gasteiger charge is 2.24. The third-order valence-corrected chi connectivity index (χ3v) is 4.11. The maximum Gasteiger partial charge on any atom is 0.139 e. The van der Waals surface area contributed by atoms with Crippen LogP contribution < -0.4 is 0 Å². The van der Waals surface area contributed by atoms with Gasteiger partial charge in [0.05, 0.1) is 15.5 Å². The Kier molecular flexibility index (Phi) is 2.28. The summed E-state index contributed by atoms with van der Waals surface area (Å²) in [6.07, 6.45) is 3.61. The number of nitrogens with zero attached hydrogens (tertiary/aromatic N) is 2. The zero-order chi connectivity index (χ0) is 11.3. The number of rotatable bonds is 1. The van der Waals surface area contributed by atoms with Crippen molar-refractivity contribution in [2.24, 2.45) is 0 Å². The minimum Gasteiger partial charge on any atom is -0.324 e. The maximum atomic E-state index is 13.5. The van der Waals surface area contributed by atoms with Crippen molar-refractivity contribution < 1.29 is 4.39 Å². The van der Waals surface area contributed by atoms with Crippen molar-refractivity contribution in [1.29, 1.82) is 0 Å². The summed E-state index contributed by atoms with van der Waals surface area (Å²) < 4.78 is 16.2. The lowest BCUT2D eigenvalue weighted by atomic mass is 9.92. The largest absolute Gasteiger partial charge is 0.324 e. The molecule has 0 radical (unpaired) electrons. The molecule has 1 fully saturated rings. The van der Waals surface area contributed by atoms with Gasteiger partial charge in [0.2, 0.25) is 0 Å². The highest BCUT2D eigenvalue weighted by molar-refractivity contribution is 9.10. The molecule has 0 spiro atoms. The average molecular weight is 283 g/mol. The van der Waals surface area contributed by atoms with Crippen LogP contribution in [0.4, 0.5) is 4.39 Å². The van der Waals surface area contributed by atoms with E-state index in [1.807, 2.05) is 6.92 Å². The van der Waals surface area contributed by atoms with Gasteiger partial charge in [0.1, 0.15) is 11.6 Å². The summed E-state index contributed by atoms with van der Waals surface area (Å²) >= 11 is 3.33. The highest BCUT2D eigenvalue weighted by atomic mass is 79.9. The van der Waals surface area contributed by atoms with Gasteiger partial charge in [-0.3, -0.25) is 0 Å². The first-order chi connectivity index (χ1) is 7.68. The Morgan fingerprint density at radius 2 is 2.19 bits per heavy atom. The van der Waals surface area contributed by atoms with Crippen molar-refractivity contribution in [3.8, 4) is 0 Å².